The number of benzene rings is 1. The maximum Gasteiger partial charge on any atom is 0.138 e. The minimum atomic E-state index is 0.935. The van der Waals surface area contributed by atoms with Gasteiger partial charge >= 0.3 is 0 Å². The van der Waals surface area contributed by atoms with Gasteiger partial charge in [-0.25, -0.2) is 4.98 Å². The van der Waals surface area contributed by atoms with Crippen LogP contribution >= 0.6 is 22.6 Å². The number of hydrogen-bond acceptors (Lipinski definition) is 3. The Morgan fingerprint density at radius 1 is 1.26 bits per heavy atom. The lowest BCUT2D eigenvalue weighted by atomic mass is 9.94. The lowest BCUT2D eigenvalue weighted by molar-refractivity contribution is 0.302. The minimum Gasteiger partial charge on any atom is -0.496 e. The fraction of sp³-hybridized carbons (Fsp3) is 0.278. The van der Waals surface area contributed by atoms with Crippen LogP contribution in [0.5, 0.6) is 5.75 Å². The van der Waals surface area contributed by atoms with Crippen molar-refractivity contribution in [3.05, 3.63) is 45.3 Å². The van der Waals surface area contributed by atoms with E-state index in [1.165, 1.54) is 25.6 Å². The standard InChI is InChI=1S/C18H18IN3O/c1-22-4-3-11-5-12(7-17(23-2)15(11)10-22)13-6-14-16(19)9-21-18(14)20-8-13/h5-9H,3-4,10H2,1-2H3,(H,20,21). The molecular formula is C18H18IN3O. The molecule has 5 heteroatoms. The number of methoxy groups -OCH3 is 1. The van der Waals surface area contributed by atoms with Crippen LogP contribution in [-0.2, 0) is 13.0 Å². The number of halogens is 1. The van der Waals surface area contributed by atoms with Crippen LogP contribution in [0.15, 0.2) is 30.6 Å². The fourth-order valence-electron chi connectivity index (χ4n) is 3.24. The molecule has 0 saturated carbocycles. The van der Waals surface area contributed by atoms with Gasteiger partial charge in [0.05, 0.1) is 7.11 Å². The molecular weight excluding hydrogens is 401 g/mol. The van der Waals surface area contributed by atoms with Crippen LogP contribution in [0.3, 0.4) is 0 Å². The summed E-state index contributed by atoms with van der Waals surface area (Å²) in [5.74, 6) is 0.980. The van der Waals surface area contributed by atoms with Crippen LogP contribution in [0.4, 0.5) is 0 Å². The van der Waals surface area contributed by atoms with Crippen LogP contribution in [-0.4, -0.2) is 35.6 Å². The highest BCUT2D eigenvalue weighted by molar-refractivity contribution is 14.1. The number of aromatic nitrogens is 2. The van der Waals surface area contributed by atoms with Gasteiger partial charge in [0.25, 0.3) is 0 Å². The molecule has 1 aliphatic rings. The second-order valence-electron chi connectivity index (χ2n) is 6.06. The van der Waals surface area contributed by atoms with Gasteiger partial charge in [0, 0.05) is 45.6 Å². The van der Waals surface area contributed by atoms with Crippen molar-refractivity contribution in [2.45, 2.75) is 13.0 Å². The first-order chi connectivity index (χ1) is 11.2. The zero-order chi connectivity index (χ0) is 16.0. The van der Waals surface area contributed by atoms with Gasteiger partial charge in [-0.15, -0.1) is 0 Å². The Hall–Kier alpha value is -1.60. The number of pyridine rings is 1. The van der Waals surface area contributed by atoms with Crippen LogP contribution in [0.2, 0.25) is 0 Å². The summed E-state index contributed by atoms with van der Waals surface area (Å²) < 4.78 is 6.86. The Balaban J connectivity index is 1.85. The van der Waals surface area contributed by atoms with Crippen molar-refractivity contribution in [2.24, 2.45) is 0 Å². The van der Waals surface area contributed by atoms with E-state index >= 15 is 0 Å². The number of H-pyrrole nitrogens is 1. The first kappa shape index (κ1) is 15.0. The molecule has 1 N–H and O–H groups in total. The second-order valence-corrected chi connectivity index (χ2v) is 7.22. The average molecular weight is 419 g/mol. The average Bonchev–Trinajstić information content (AvgIpc) is 2.94. The van der Waals surface area contributed by atoms with E-state index < -0.39 is 0 Å². The molecule has 0 fully saturated rings. The van der Waals surface area contributed by atoms with E-state index in [1.807, 2.05) is 12.4 Å². The maximum absolute atomic E-state index is 5.66. The molecule has 3 heterocycles. The Morgan fingerprint density at radius 2 is 2.13 bits per heavy atom. The van der Waals surface area contributed by atoms with E-state index in [2.05, 4.69) is 62.7 Å². The van der Waals surface area contributed by atoms with Gasteiger partial charge in [-0.2, -0.15) is 0 Å². The van der Waals surface area contributed by atoms with E-state index in [9.17, 15) is 0 Å². The molecule has 0 radical (unpaired) electrons. The molecule has 3 aromatic rings. The SMILES string of the molecule is COc1cc(-c2cnc3[nH]cc(I)c3c2)cc2c1CN(C)CC2. The maximum atomic E-state index is 5.66. The summed E-state index contributed by atoms with van der Waals surface area (Å²) in [6.45, 7) is 2.04. The summed E-state index contributed by atoms with van der Waals surface area (Å²) in [6, 6.07) is 6.64. The van der Waals surface area contributed by atoms with E-state index in [0.29, 0.717) is 0 Å². The van der Waals surface area contributed by atoms with Gasteiger partial charge in [-0.3, -0.25) is 0 Å². The summed E-state index contributed by atoms with van der Waals surface area (Å²) in [5.41, 5.74) is 5.95. The van der Waals surface area contributed by atoms with Crippen molar-refractivity contribution >= 4 is 33.6 Å². The molecule has 0 amide bonds. The fourth-order valence-corrected chi connectivity index (χ4v) is 3.81. The number of hydrogen-bond donors (Lipinski definition) is 1. The Labute approximate surface area is 149 Å². The number of aromatic amines is 1. The molecule has 4 nitrogen and oxygen atoms in total. The number of likely N-dealkylation sites (N-methyl/N-ethyl adjacent to an activating group) is 1. The van der Waals surface area contributed by atoms with Gasteiger partial charge in [-0.05, 0) is 59.3 Å². The zero-order valence-electron chi connectivity index (χ0n) is 13.2. The molecule has 1 aromatic carbocycles. The Kier molecular flexibility index (Phi) is 3.77. The predicted octanol–water partition coefficient (Wildman–Crippen LogP) is 3.83. The molecule has 23 heavy (non-hydrogen) atoms. The van der Waals surface area contributed by atoms with Crippen LogP contribution in [0.25, 0.3) is 22.2 Å². The molecule has 2 aromatic heterocycles. The zero-order valence-corrected chi connectivity index (χ0v) is 15.3. The van der Waals surface area contributed by atoms with E-state index in [0.717, 1.165) is 36.5 Å². The summed E-state index contributed by atoms with van der Waals surface area (Å²) in [5, 5.41) is 1.17. The van der Waals surface area contributed by atoms with Crippen molar-refractivity contribution in [1.29, 1.82) is 0 Å². The van der Waals surface area contributed by atoms with Gasteiger partial charge in [-0.1, -0.05) is 6.07 Å². The van der Waals surface area contributed by atoms with Crippen molar-refractivity contribution in [3.63, 3.8) is 0 Å². The van der Waals surface area contributed by atoms with Crippen molar-refractivity contribution in [2.75, 3.05) is 20.7 Å². The number of fused-ring (bicyclic) bond motifs is 2. The lowest BCUT2D eigenvalue weighted by Crippen LogP contribution is -2.27. The number of nitrogens with one attached hydrogen (secondary N) is 1. The molecule has 4 rings (SSSR count). The molecule has 118 valence electrons. The summed E-state index contributed by atoms with van der Waals surface area (Å²) in [4.78, 5) is 10.1. The molecule has 0 aliphatic carbocycles. The highest BCUT2D eigenvalue weighted by Gasteiger charge is 2.19. The first-order valence-corrected chi connectivity index (χ1v) is 8.75. The topological polar surface area (TPSA) is 41.1 Å². The third-order valence-corrected chi connectivity index (χ3v) is 5.42. The first-order valence-electron chi connectivity index (χ1n) is 7.67. The van der Waals surface area contributed by atoms with Crippen LogP contribution < -0.4 is 4.74 Å². The second kappa shape index (κ2) is 5.79. The van der Waals surface area contributed by atoms with E-state index in [-0.39, 0.29) is 0 Å². The van der Waals surface area contributed by atoms with Gasteiger partial charge in [0.2, 0.25) is 0 Å². The highest BCUT2D eigenvalue weighted by atomic mass is 127. The molecule has 0 atom stereocenters. The number of rotatable bonds is 2. The van der Waals surface area contributed by atoms with Crippen LogP contribution in [0.1, 0.15) is 11.1 Å². The quantitative estimate of drug-likeness (QED) is 0.642. The Morgan fingerprint density at radius 3 is 2.96 bits per heavy atom. The molecule has 0 unspecified atom stereocenters. The smallest absolute Gasteiger partial charge is 0.138 e. The normalized spacial score (nSPS) is 14.9. The van der Waals surface area contributed by atoms with Gasteiger partial charge in [0.15, 0.2) is 0 Å². The van der Waals surface area contributed by atoms with Crippen molar-refractivity contribution in [1.82, 2.24) is 14.9 Å². The van der Waals surface area contributed by atoms with Gasteiger partial charge < -0.3 is 14.6 Å². The third-order valence-electron chi connectivity index (χ3n) is 4.53. The van der Waals surface area contributed by atoms with Crippen molar-refractivity contribution in [3.8, 4) is 16.9 Å². The summed E-state index contributed by atoms with van der Waals surface area (Å²) in [6.07, 6.45) is 4.99. The molecule has 0 saturated heterocycles. The Bertz CT molecular complexity index is 870. The summed E-state index contributed by atoms with van der Waals surface area (Å²) >= 11 is 2.34. The molecule has 0 bridgehead atoms. The van der Waals surface area contributed by atoms with Crippen LogP contribution in [0, 0.1) is 3.57 Å². The van der Waals surface area contributed by atoms with Crippen molar-refractivity contribution < 1.29 is 4.74 Å². The third kappa shape index (κ3) is 2.61. The summed E-state index contributed by atoms with van der Waals surface area (Å²) in [7, 11) is 3.91. The van der Waals surface area contributed by atoms with Gasteiger partial charge in [0.1, 0.15) is 11.4 Å². The van der Waals surface area contributed by atoms with E-state index in [4.69, 9.17) is 4.74 Å². The molecule has 0 spiro atoms. The highest BCUT2D eigenvalue weighted by Crippen LogP contribution is 2.34. The number of ether oxygens (including phenoxy) is 1. The minimum absolute atomic E-state index is 0.935. The monoisotopic (exact) mass is 419 g/mol. The van der Waals surface area contributed by atoms with E-state index in [1.54, 1.807) is 7.11 Å². The lowest BCUT2D eigenvalue weighted by Gasteiger charge is -2.27. The largest absolute Gasteiger partial charge is 0.496 e. The molecule has 1 aliphatic heterocycles. The number of nitrogens with zero attached hydrogens (tertiary/aromatic N) is 2. The predicted molar refractivity (Wildman–Crippen MR) is 101 cm³/mol.